The molecule has 0 saturated heterocycles. The Kier molecular flexibility index (Phi) is 5.05. The van der Waals surface area contributed by atoms with Crippen molar-refractivity contribution in [1.29, 1.82) is 0 Å². The quantitative estimate of drug-likeness (QED) is 0.862. The van der Waals surface area contributed by atoms with Gasteiger partial charge in [0.05, 0.1) is 11.5 Å². The molecule has 1 aromatic heterocycles. The Balaban J connectivity index is 2.21. The van der Waals surface area contributed by atoms with Crippen molar-refractivity contribution in [2.45, 2.75) is 18.7 Å². The zero-order valence-corrected chi connectivity index (χ0v) is 12.6. The molecule has 0 aliphatic carbocycles. The molecule has 2 aromatic rings. The molecule has 0 aliphatic heterocycles. The van der Waals surface area contributed by atoms with E-state index in [4.69, 9.17) is 4.74 Å². The molecular formula is C15H16N2O3S. The predicted molar refractivity (Wildman–Crippen MR) is 81.4 cm³/mol. The molecule has 0 aliphatic rings. The van der Waals surface area contributed by atoms with Gasteiger partial charge in [0.1, 0.15) is 5.56 Å². The Labute approximate surface area is 126 Å². The molecule has 1 N–H and O–H groups in total. The fourth-order valence-corrected chi connectivity index (χ4v) is 2.51. The Morgan fingerprint density at radius 3 is 2.67 bits per heavy atom. The van der Waals surface area contributed by atoms with E-state index >= 15 is 0 Å². The monoisotopic (exact) mass is 304 g/mol. The third-order valence-electron chi connectivity index (χ3n) is 2.73. The number of hydrogen-bond donors (Lipinski definition) is 1. The van der Waals surface area contributed by atoms with Gasteiger partial charge in [0.15, 0.2) is 16.8 Å². The van der Waals surface area contributed by atoms with Crippen LogP contribution in [0.25, 0.3) is 0 Å². The third-order valence-corrected chi connectivity index (χ3v) is 3.81. The minimum absolute atomic E-state index is 0.245. The Morgan fingerprint density at radius 2 is 2.00 bits per heavy atom. The van der Waals surface area contributed by atoms with Crippen LogP contribution in [0.2, 0.25) is 0 Å². The number of pyridine rings is 1. The van der Waals surface area contributed by atoms with E-state index in [2.05, 4.69) is 9.71 Å². The van der Waals surface area contributed by atoms with E-state index < -0.39 is 17.0 Å². The highest BCUT2D eigenvalue weighted by Gasteiger charge is 2.15. The van der Waals surface area contributed by atoms with Crippen molar-refractivity contribution in [3.8, 4) is 0 Å². The fourth-order valence-electron chi connectivity index (χ4n) is 1.67. The number of rotatable bonds is 5. The number of ether oxygens (including phenoxy) is 1. The predicted octanol–water partition coefficient (Wildman–Crippen LogP) is 2.70. The number of aryl methyl sites for hydroxylation is 1. The number of carbonyl (C=O) groups excluding carboxylic acids is 1. The van der Waals surface area contributed by atoms with Gasteiger partial charge in [-0.15, -0.1) is 0 Å². The molecule has 6 heteroatoms. The molecule has 1 heterocycles. The second-order valence-electron chi connectivity index (χ2n) is 4.30. The number of nitrogens with zero attached hydrogens (tertiary/aromatic N) is 1. The lowest BCUT2D eigenvalue weighted by molar-refractivity contribution is 0.0527. The average Bonchev–Trinajstić information content (AvgIpc) is 2.48. The largest absolute Gasteiger partial charge is 0.462 e. The molecule has 0 fully saturated rings. The molecule has 21 heavy (non-hydrogen) atoms. The first-order chi connectivity index (χ1) is 10.1. The van der Waals surface area contributed by atoms with Gasteiger partial charge in [-0.25, -0.2) is 14.0 Å². The molecule has 5 nitrogen and oxygen atoms in total. The highest BCUT2D eigenvalue weighted by Crippen LogP contribution is 2.16. The van der Waals surface area contributed by atoms with E-state index in [-0.39, 0.29) is 18.0 Å². The summed E-state index contributed by atoms with van der Waals surface area (Å²) in [5.41, 5.74) is 1.35. The summed E-state index contributed by atoms with van der Waals surface area (Å²) in [6.07, 6.45) is 1.53. The molecule has 0 spiro atoms. The SMILES string of the molecule is CCOC(=O)c1cccnc1NS(=O)c1ccc(C)cc1. The molecular weight excluding hydrogens is 288 g/mol. The van der Waals surface area contributed by atoms with Crippen LogP contribution in [0, 0.1) is 6.92 Å². The van der Waals surface area contributed by atoms with Crippen LogP contribution in [0.5, 0.6) is 0 Å². The Hall–Kier alpha value is -2.21. The summed E-state index contributed by atoms with van der Waals surface area (Å²) in [6, 6.07) is 10.5. The van der Waals surface area contributed by atoms with Crippen molar-refractivity contribution >= 4 is 22.8 Å². The van der Waals surface area contributed by atoms with Gasteiger partial charge in [-0.1, -0.05) is 17.7 Å². The van der Waals surface area contributed by atoms with E-state index in [0.717, 1.165) is 5.56 Å². The van der Waals surface area contributed by atoms with Crippen molar-refractivity contribution in [1.82, 2.24) is 4.98 Å². The lowest BCUT2D eigenvalue weighted by Crippen LogP contribution is -2.13. The van der Waals surface area contributed by atoms with Gasteiger partial charge < -0.3 is 4.74 Å². The average molecular weight is 304 g/mol. The number of nitrogens with one attached hydrogen (secondary N) is 1. The number of carbonyl (C=O) groups is 1. The smallest absolute Gasteiger partial charge is 0.341 e. The second-order valence-corrected chi connectivity index (χ2v) is 5.52. The van der Waals surface area contributed by atoms with Gasteiger partial charge in [-0.2, -0.15) is 0 Å². The molecule has 110 valence electrons. The van der Waals surface area contributed by atoms with Gasteiger partial charge in [-0.05, 0) is 38.1 Å². The summed E-state index contributed by atoms with van der Waals surface area (Å²) in [6.45, 7) is 3.96. The van der Waals surface area contributed by atoms with E-state index in [1.54, 1.807) is 31.2 Å². The Morgan fingerprint density at radius 1 is 1.29 bits per heavy atom. The minimum Gasteiger partial charge on any atom is -0.462 e. The molecule has 1 aromatic carbocycles. The molecule has 0 amide bonds. The summed E-state index contributed by atoms with van der Waals surface area (Å²) >= 11 is 0. The normalized spacial score (nSPS) is 11.7. The van der Waals surface area contributed by atoms with Crippen LogP contribution in [0.15, 0.2) is 47.5 Å². The van der Waals surface area contributed by atoms with Crippen LogP contribution in [-0.2, 0) is 15.7 Å². The highest BCUT2D eigenvalue weighted by molar-refractivity contribution is 7.86. The summed E-state index contributed by atoms with van der Waals surface area (Å²) in [5.74, 6) is -0.246. The highest BCUT2D eigenvalue weighted by atomic mass is 32.2. The van der Waals surface area contributed by atoms with Crippen LogP contribution in [0.3, 0.4) is 0 Å². The molecule has 1 unspecified atom stereocenters. The molecule has 0 saturated carbocycles. The van der Waals surface area contributed by atoms with Gasteiger partial charge in [-0.3, -0.25) is 4.72 Å². The van der Waals surface area contributed by atoms with Crippen molar-refractivity contribution in [3.63, 3.8) is 0 Å². The summed E-state index contributed by atoms with van der Waals surface area (Å²) in [5, 5.41) is 0. The first-order valence-electron chi connectivity index (χ1n) is 6.49. The Bertz CT molecular complexity index is 656. The zero-order chi connectivity index (χ0) is 15.2. The second kappa shape index (κ2) is 6.99. The van der Waals surface area contributed by atoms with E-state index in [9.17, 15) is 9.00 Å². The fraction of sp³-hybridized carbons (Fsp3) is 0.200. The van der Waals surface area contributed by atoms with Crippen LogP contribution in [-0.4, -0.2) is 21.8 Å². The first-order valence-corrected chi connectivity index (χ1v) is 7.64. The van der Waals surface area contributed by atoms with Gasteiger partial charge in [0.2, 0.25) is 0 Å². The topological polar surface area (TPSA) is 68.3 Å². The molecule has 2 rings (SSSR count). The summed E-state index contributed by atoms with van der Waals surface area (Å²) < 4.78 is 20.0. The van der Waals surface area contributed by atoms with Crippen molar-refractivity contribution in [2.75, 3.05) is 11.3 Å². The number of benzene rings is 1. The lowest BCUT2D eigenvalue weighted by Gasteiger charge is -2.09. The van der Waals surface area contributed by atoms with Crippen LogP contribution >= 0.6 is 0 Å². The van der Waals surface area contributed by atoms with Crippen molar-refractivity contribution in [3.05, 3.63) is 53.7 Å². The third kappa shape index (κ3) is 3.88. The first kappa shape index (κ1) is 15.2. The van der Waals surface area contributed by atoms with Crippen LogP contribution in [0.1, 0.15) is 22.8 Å². The maximum Gasteiger partial charge on any atom is 0.341 e. The summed E-state index contributed by atoms with van der Waals surface area (Å²) in [4.78, 5) is 16.5. The number of esters is 1. The molecule has 0 bridgehead atoms. The van der Waals surface area contributed by atoms with E-state index in [0.29, 0.717) is 4.90 Å². The van der Waals surface area contributed by atoms with Gasteiger partial charge >= 0.3 is 5.97 Å². The number of hydrogen-bond acceptors (Lipinski definition) is 4. The maximum absolute atomic E-state index is 12.3. The van der Waals surface area contributed by atoms with E-state index in [1.165, 1.54) is 6.20 Å². The van der Waals surface area contributed by atoms with Crippen LogP contribution < -0.4 is 4.72 Å². The van der Waals surface area contributed by atoms with Crippen molar-refractivity contribution in [2.24, 2.45) is 0 Å². The summed E-state index contributed by atoms with van der Waals surface area (Å²) in [7, 11) is -1.49. The molecule has 1 atom stereocenters. The standard InChI is InChI=1S/C15H16N2O3S/c1-3-20-15(18)13-5-4-10-16-14(13)17-21(19)12-8-6-11(2)7-9-12/h4-10H,3H2,1-2H3,(H,16,17). The maximum atomic E-state index is 12.3. The number of anilines is 1. The zero-order valence-electron chi connectivity index (χ0n) is 11.8. The van der Waals surface area contributed by atoms with E-state index in [1.807, 2.05) is 19.1 Å². The minimum atomic E-state index is -1.49. The van der Waals surface area contributed by atoms with Gasteiger partial charge in [0.25, 0.3) is 0 Å². The van der Waals surface area contributed by atoms with Gasteiger partial charge in [0, 0.05) is 6.20 Å². The molecule has 0 radical (unpaired) electrons. The van der Waals surface area contributed by atoms with Crippen molar-refractivity contribution < 1.29 is 13.7 Å². The van der Waals surface area contributed by atoms with Crippen LogP contribution in [0.4, 0.5) is 5.82 Å². The number of aromatic nitrogens is 1. The lowest BCUT2D eigenvalue weighted by atomic mass is 10.2.